The van der Waals surface area contributed by atoms with Gasteiger partial charge in [0, 0.05) is 12.3 Å². The molecule has 2 unspecified atom stereocenters. The van der Waals surface area contributed by atoms with Crippen molar-refractivity contribution in [3.05, 3.63) is 0 Å². The summed E-state index contributed by atoms with van der Waals surface area (Å²) in [6.45, 7) is 3.77. The van der Waals surface area contributed by atoms with Crippen molar-refractivity contribution in [2.75, 3.05) is 0 Å². The molecule has 0 aromatic rings. The van der Waals surface area contributed by atoms with Crippen LogP contribution in [-0.4, -0.2) is 24.3 Å². The van der Waals surface area contributed by atoms with Crippen LogP contribution in [0.4, 0.5) is 4.39 Å². The first kappa shape index (κ1) is 10.1. The summed E-state index contributed by atoms with van der Waals surface area (Å²) in [6, 6.07) is 0.0487. The molecular weight excluding hydrogens is 147 g/mol. The van der Waals surface area contributed by atoms with Crippen LogP contribution in [0.2, 0.25) is 0 Å². The molecule has 2 atom stereocenters. The number of hydrogen-bond acceptors (Lipinski definition) is 2. The zero-order valence-corrected chi connectivity index (χ0v) is 6.75. The number of amides is 1. The highest BCUT2D eigenvalue weighted by Gasteiger charge is 2.08. The molecule has 1 amide bonds. The van der Waals surface area contributed by atoms with Gasteiger partial charge in [-0.2, -0.15) is 0 Å². The lowest BCUT2D eigenvalue weighted by molar-refractivity contribution is -0.120. The first-order valence-corrected chi connectivity index (χ1v) is 3.54. The molecule has 0 radical (unpaired) electrons. The molecule has 0 aromatic carbocycles. The van der Waals surface area contributed by atoms with E-state index < -0.39 is 12.1 Å². The molecule has 0 aliphatic heterocycles. The Morgan fingerprint density at radius 3 is 2.73 bits per heavy atom. The number of primary amides is 1. The van der Waals surface area contributed by atoms with E-state index in [2.05, 4.69) is 10.7 Å². The summed E-state index contributed by atoms with van der Waals surface area (Å²) < 4.78 is 12.4. The minimum absolute atomic E-state index is 0.0487. The van der Waals surface area contributed by atoms with Crippen LogP contribution < -0.4 is 5.73 Å². The van der Waals surface area contributed by atoms with Gasteiger partial charge in [-0.15, -0.1) is 0 Å². The Bertz CT molecular complexity index is 159. The monoisotopic (exact) mass is 160 g/mol. The molecule has 64 valence electrons. The maximum absolute atomic E-state index is 12.4. The SMILES string of the molecule is CCC(C)N=CC(F)C(N)=O. The lowest BCUT2D eigenvalue weighted by Gasteiger charge is -2.00. The summed E-state index contributed by atoms with van der Waals surface area (Å²) in [5, 5.41) is 0. The molecule has 0 bridgehead atoms. The lowest BCUT2D eigenvalue weighted by Crippen LogP contribution is -2.25. The molecular formula is C7H13FN2O. The fraction of sp³-hybridized carbons (Fsp3) is 0.714. The number of carbonyl (C=O) groups is 1. The molecule has 0 spiro atoms. The van der Waals surface area contributed by atoms with Crippen molar-refractivity contribution in [1.29, 1.82) is 0 Å². The van der Waals surface area contributed by atoms with Crippen molar-refractivity contribution in [3.8, 4) is 0 Å². The molecule has 0 aliphatic rings. The average molecular weight is 160 g/mol. The van der Waals surface area contributed by atoms with Gasteiger partial charge in [-0.3, -0.25) is 9.79 Å². The van der Waals surface area contributed by atoms with Gasteiger partial charge in [-0.05, 0) is 13.3 Å². The first-order chi connectivity index (χ1) is 5.07. The molecule has 0 aromatic heterocycles. The summed E-state index contributed by atoms with van der Waals surface area (Å²) in [4.78, 5) is 13.9. The van der Waals surface area contributed by atoms with Crippen LogP contribution in [0.3, 0.4) is 0 Å². The third-order valence-electron chi connectivity index (χ3n) is 1.33. The van der Waals surface area contributed by atoms with Crippen LogP contribution in [0.1, 0.15) is 20.3 Å². The van der Waals surface area contributed by atoms with Gasteiger partial charge in [-0.1, -0.05) is 6.92 Å². The van der Waals surface area contributed by atoms with Crippen LogP contribution in [0.5, 0.6) is 0 Å². The number of rotatable bonds is 4. The van der Waals surface area contributed by atoms with Gasteiger partial charge >= 0.3 is 0 Å². The van der Waals surface area contributed by atoms with Gasteiger partial charge < -0.3 is 5.73 Å². The van der Waals surface area contributed by atoms with E-state index in [4.69, 9.17) is 0 Å². The molecule has 0 saturated carbocycles. The highest BCUT2D eigenvalue weighted by molar-refractivity contribution is 5.95. The Kier molecular flexibility index (Phi) is 4.41. The van der Waals surface area contributed by atoms with Crippen LogP contribution in [0.15, 0.2) is 4.99 Å². The average Bonchev–Trinajstić information content (AvgIpc) is 1.99. The smallest absolute Gasteiger partial charge is 0.257 e. The largest absolute Gasteiger partial charge is 0.367 e. The Morgan fingerprint density at radius 1 is 1.82 bits per heavy atom. The Balaban J connectivity index is 3.82. The van der Waals surface area contributed by atoms with E-state index in [0.717, 1.165) is 12.6 Å². The quantitative estimate of drug-likeness (QED) is 0.604. The number of nitrogens with zero attached hydrogens (tertiary/aromatic N) is 1. The summed E-state index contributed by atoms with van der Waals surface area (Å²) in [7, 11) is 0. The normalized spacial score (nSPS) is 16.6. The maximum Gasteiger partial charge on any atom is 0.257 e. The summed E-state index contributed by atoms with van der Waals surface area (Å²) in [5.74, 6) is -0.989. The van der Waals surface area contributed by atoms with Crippen LogP contribution in [-0.2, 0) is 4.79 Å². The van der Waals surface area contributed by atoms with E-state index >= 15 is 0 Å². The highest BCUT2D eigenvalue weighted by Crippen LogP contribution is 1.94. The van der Waals surface area contributed by atoms with Gasteiger partial charge in [0.2, 0.25) is 6.17 Å². The van der Waals surface area contributed by atoms with E-state index in [0.29, 0.717) is 0 Å². The zero-order chi connectivity index (χ0) is 8.85. The van der Waals surface area contributed by atoms with Crippen molar-refractivity contribution in [2.24, 2.45) is 10.7 Å². The van der Waals surface area contributed by atoms with Gasteiger partial charge in [-0.25, -0.2) is 4.39 Å². The van der Waals surface area contributed by atoms with Gasteiger partial charge in [0.15, 0.2) is 0 Å². The maximum atomic E-state index is 12.4. The molecule has 11 heavy (non-hydrogen) atoms. The molecule has 2 N–H and O–H groups in total. The second kappa shape index (κ2) is 4.82. The van der Waals surface area contributed by atoms with Crippen molar-refractivity contribution >= 4 is 12.1 Å². The van der Waals surface area contributed by atoms with E-state index in [1.54, 1.807) is 0 Å². The summed E-state index contributed by atoms with van der Waals surface area (Å²) in [5.41, 5.74) is 4.66. The molecule has 0 heterocycles. The number of alkyl halides is 1. The summed E-state index contributed by atoms with van der Waals surface area (Å²) in [6.07, 6.45) is 0.0300. The molecule has 0 rings (SSSR count). The minimum atomic E-state index is -1.75. The number of aliphatic imine (C=N–C) groups is 1. The molecule has 0 saturated heterocycles. The summed E-state index contributed by atoms with van der Waals surface area (Å²) >= 11 is 0. The van der Waals surface area contributed by atoms with Crippen LogP contribution >= 0.6 is 0 Å². The second-order valence-electron chi connectivity index (χ2n) is 2.36. The number of nitrogens with two attached hydrogens (primary N) is 1. The van der Waals surface area contributed by atoms with Gasteiger partial charge in [0.1, 0.15) is 0 Å². The standard InChI is InChI=1S/C7H13FN2O/c1-3-5(2)10-4-6(8)7(9)11/h4-6H,3H2,1-2H3,(H2,9,11). The second-order valence-corrected chi connectivity index (χ2v) is 2.36. The Labute approximate surface area is 65.5 Å². The fourth-order valence-electron chi connectivity index (χ4n) is 0.401. The highest BCUT2D eigenvalue weighted by atomic mass is 19.1. The van der Waals surface area contributed by atoms with Crippen LogP contribution in [0, 0.1) is 0 Å². The van der Waals surface area contributed by atoms with Crippen molar-refractivity contribution in [3.63, 3.8) is 0 Å². The van der Waals surface area contributed by atoms with Crippen LogP contribution in [0.25, 0.3) is 0 Å². The molecule has 0 fully saturated rings. The third kappa shape index (κ3) is 4.47. The molecule has 3 nitrogen and oxygen atoms in total. The third-order valence-corrected chi connectivity index (χ3v) is 1.33. The Morgan fingerprint density at radius 2 is 2.36 bits per heavy atom. The topological polar surface area (TPSA) is 55.4 Å². The Hall–Kier alpha value is -0.930. The molecule has 0 aliphatic carbocycles. The predicted octanol–water partition coefficient (Wildman–Crippen LogP) is 0.679. The van der Waals surface area contributed by atoms with Gasteiger partial charge in [0.25, 0.3) is 5.91 Å². The van der Waals surface area contributed by atoms with Gasteiger partial charge in [0.05, 0.1) is 0 Å². The number of hydrogen-bond donors (Lipinski definition) is 1. The first-order valence-electron chi connectivity index (χ1n) is 3.54. The molecule has 4 heteroatoms. The van der Waals surface area contributed by atoms with E-state index in [-0.39, 0.29) is 6.04 Å². The van der Waals surface area contributed by atoms with Crippen molar-refractivity contribution in [2.45, 2.75) is 32.5 Å². The van der Waals surface area contributed by atoms with E-state index in [1.165, 1.54) is 0 Å². The zero-order valence-electron chi connectivity index (χ0n) is 6.75. The minimum Gasteiger partial charge on any atom is -0.367 e. The van der Waals surface area contributed by atoms with Crippen molar-refractivity contribution < 1.29 is 9.18 Å². The fourth-order valence-corrected chi connectivity index (χ4v) is 0.401. The van der Waals surface area contributed by atoms with Crippen molar-refractivity contribution in [1.82, 2.24) is 0 Å². The van der Waals surface area contributed by atoms with E-state index in [1.807, 2.05) is 13.8 Å². The lowest BCUT2D eigenvalue weighted by atomic mass is 10.3. The number of carbonyl (C=O) groups excluding carboxylic acids is 1. The number of halogens is 1. The van der Waals surface area contributed by atoms with E-state index in [9.17, 15) is 9.18 Å². The predicted molar refractivity (Wildman–Crippen MR) is 42.3 cm³/mol.